The van der Waals surface area contributed by atoms with Gasteiger partial charge in [-0.1, -0.05) is 27.7 Å². The number of rotatable bonds is 5. The van der Waals surface area contributed by atoms with Crippen LogP contribution in [0.25, 0.3) is 0 Å². The smallest absolute Gasteiger partial charge is 0.0739 e. The molecule has 0 bridgehead atoms. The Hall–Kier alpha value is -0.200. The molecule has 2 aliphatic heterocycles. The van der Waals surface area contributed by atoms with Gasteiger partial charge >= 0.3 is 0 Å². The van der Waals surface area contributed by atoms with Crippen LogP contribution in [0.2, 0.25) is 0 Å². The molecule has 0 spiro atoms. The van der Waals surface area contributed by atoms with Crippen molar-refractivity contribution in [3.63, 3.8) is 0 Å². The molecule has 3 unspecified atom stereocenters. The molecule has 0 aromatic heterocycles. The van der Waals surface area contributed by atoms with E-state index in [2.05, 4.69) is 32.8 Å². The van der Waals surface area contributed by atoms with Gasteiger partial charge in [0.05, 0.1) is 12.7 Å². The van der Waals surface area contributed by atoms with E-state index in [0.29, 0.717) is 25.6 Å². The Morgan fingerprint density at radius 2 is 1.95 bits per heavy atom. The molecule has 0 saturated carbocycles. The summed E-state index contributed by atoms with van der Waals surface area (Å²) < 4.78 is 0. The third-order valence-electron chi connectivity index (χ3n) is 5.50. The second kappa shape index (κ2) is 7.58. The molecular weight excluding hydrogens is 280 g/mol. The van der Waals surface area contributed by atoms with Gasteiger partial charge in [0, 0.05) is 26.2 Å². The molecule has 2 rings (SSSR count). The van der Waals surface area contributed by atoms with Gasteiger partial charge in [-0.15, -0.1) is 0 Å². The third-order valence-corrected chi connectivity index (χ3v) is 5.50. The molecule has 130 valence electrons. The number of nitrogens with zero attached hydrogens (tertiary/aromatic N) is 2. The highest BCUT2D eigenvalue weighted by molar-refractivity contribution is 4.85. The van der Waals surface area contributed by atoms with Gasteiger partial charge in [-0.05, 0) is 42.4 Å². The van der Waals surface area contributed by atoms with E-state index in [1.807, 2.05) is 0 Å². The van der Waals surface area contributed by atoms with Crippen LogP contribution in [0, 0.1) is 23.2 Å². The summed E-state index contributed by atoms with van der Waals surface area (Å²) in [5.74, 6) is 1.67. The zero-order chi connectivity index (χ0) is 16.3. The highest BCUT2D eigenvalue weighted by Gasteiger charge is 2.37. The van der Waals surface area contributed by atoms with Crippen molar-refractivity contribution in [1.82, 2.24) is 10.1 Å². The van der Waals surface area contributed by atoms with Gasteiger partial charge in [-0.2, -0.15) is 10.1 Å². The van der Waals surface area contributed by atoms with E-state index in [-0.39, 0.29) is 11.3 Å². The first kappa shape index (κ1) is 18.1. The number of hydrogen-bond acceptors (Lipinski definition) is 5. The van der Waals surface area contributed by atoms with Crippen LogP contribution in [0.1, 0.15) is 47.0 Å². The largest absolute Gasteiger partial charge is 0.392 e. The Morgan fingerprint density at radius 1 is 1.23 bits per heavy atom. The van der Waals surface area contributed by atoms with E-state index in [4.69, 9.17) is 4.84 Å². The van der Waals surface area contributed by atoms with E-state index in [1.54, 1.807) is 0 Å². The van der Waals surface area contributed by atoms with Crippen molar-refractivity contribution in [2.45, 2.75) is 53.1 Å². The van der Waals surface area contributed by atoms with E-state index in [0.717, 1.165) is 25.4 Å². The topological polar surface area (TPSA) is 56.2 Å². The van der Waals surface area contributed by atoms with Crippen molar-refractivity contribution in [1.29, 1.82) is 0 Å². The molecule has 2 heterocycles. The summed E-state index contributed by atoms with van der Waals surface area (Å²) >= 11 is 0. The number of hydrogen-bond donors (Lipinski definition) is 2. The molecule has 0 aliphatic carbocycles. The van der Waals surface area contributed by atoms with Gasteiger partial charge in [-0.3, -0.25) is 4.84 Å². The van der Waals surface area contributed by atoms with Gasteiger partial charge in [0.1, 0.15) is 0 Å². The Bertz CT molecular complexity index is 339. The quantitative estimate of drug-likeness (QED) is 0.816. The van der Waals surface area contributed by atoms with Crippen molar-refractivity contribution in [2.24, 2.45) is 23.2 Å². The summed E-state index contributed by atoms with van der Waals surface area (Å²) in [6.45, 7) is 12.6. The minimum Gasteiger partial charge on any atom is -0.392 e. The molecule has 0 aromatic rings. The minimum atomic E-state index is -0.441. The zero-order valence-corrected chi connectivity index (χ0v) is 14.7. The van der Waals surface area contributed by atoms with Gasteiger partial charge in [-0.25, -0.2) is 0 Å². The first-order valence-electron chi connectivity index (χ1n) is 8.77. The molecule has 22 heavy (non-hydrogen) atoms. The molecule has 0 radical (unpaired) electrons. The maximum Gasteiger partial charge on any atom is 0.0739 e. The Kier molecular flexibility index (Phi) is 6.25. The Labute approximate surface area is 135 Å². The number of piperidine rings is 2. The molecular formula is C17H34N2O3. The van der Waals surface area contributed by atoms with E-state index >= 15 is 0 Å². The zero-order valence-electron chi connectivity index (χ0n) is 14.7. The lowest BCUT2D eigenvalue weighted by molar-refractivity contribution is -0.217. The number of aliphatic hydroxyl groups excluding tert-OH is 1. The second-order valence-electron chi connectivity index (χ2n) is 8.25. The lowest BCUT2D eigenvalue weighted by Gasteiger charge is -2.42. The molecule has 2 aliphatic rings. The summed E-state index contributed by atoms with van der Waals surface area (Å²) in [4.78, 5) is 6.10. The average Bonchev–Trinajstić information content (AvgIpc) is 2.44. The molecule has 5 heteroatoms. The Morgan fingerprint density at radius 3 is 2.59 bits per heavy atom. The van der Waals surface area contributed by atoms with Crippen molar-refractivity contribution in [3.8, 4) is 0 Å². The molecule has 2 saturated heterocycles. The summed E-state index contributed by atoms with van der Waals surface area (Å²) in [6, 6.07) is 0. The van der Waals surface area contributed by atoms with Crippen LogP contribution in [-0.4, -0.2) is 59.3 Å². The van der Waals surface area contributed by atoms with Crippen molar-refractivity contribution in [3.05, 3.63) is 0 Å². The second-order valence-corrected chi connectivity index (χ2v) is 8.25. The van der Waals surface area contributed by atoms with Gasteiger partial charge in [0.25, 0.3) is 0 Å². The predicted molar refractivity (Wildman–Crippen MR) is 86.3 cm³/mol. The number of aliphatic hydroxyl groups is 1. The van der Waals surface area contributed by atoms with E-state index in [1.165, 1.54) is 17.9 Å². The molecule has 3 atom stereocenters. The third kappa shape index (κ3) is 4.90. The highest BCUT2D eigenvalue weighted by Crippen LogP contribution is 2.34. The first-order chi connectivity index (χ1) is 10.3. The van der Waals surface area contributed by atoms with Crippen LogP contribution in [0.5, 0.6) is 0 Å². The lowest BCUT2D eigenvalue weighted by atomic mass is 9.75. The number of hydroxylamine groups is 4. The van der Waals surface area contributed by atoms with Crippen LogP contribution in [0.4, 0.5) is 0 Å². The maximum absolute atomic E-state index is 9.87. The maximum atomic E-state index is 9.87. The van der Waals surface area contributed by atoms with Crippen LogP contribution in [-0.2, 0) is 4.84 Å². The molecule has 2 fully saturated rings. The van der Waals surface area contributed by atoms with E-state index in [9.17, 15) is 10.3 Å². The monoisotopic (exact) mass is 314 g/mol. The molecule has 0 aromatic carbocycles. The van der Waals surface area contributed by atoms with Crippen LogP contribution >= 0.6 is 0 Å². The van der Waals surface area contributed by atoms with Crippen LogP contribution < -0.4 is 0 Å². The van der Waals surface area contributed by atoms with Gasteiger partial charge in [0.2, 0.25) is 0 Å². The van der Waals surface area contributed by atoms with E-state index < -0.39 is 6.10 Å². The van der Waals surface area contributed by atoms with Crippen molar-refractivity contribution < 1.29 is 15.2 Å². The SMILES string of the molecule is CC(C)C1CCCN(OCC(C)(C)C2CC(O)CN(O)C2)C1. The van der Waals surface area contributed by atoms with Gasteiger partial charge < -0.3 is 10.3 Å². The fourth-order valence-corrected chi connectivity index (χ4v) is 3.63. The summed E-state index contributed by atoms with van der Waals surface area (Å²) in [7, 11) is 0. The first-order valence-corrected chi connectivity index (χ1v) is 8.77. The van der Waals surface area contributed by atoms with Gasteiger partial charge in [0.15, 0.2) is 0 Å². The number of β-amino-alcohol motifs (C(OH)–C–C–N with tert-alkyl or cyclic N) is 1. The summed E-state index contributed by atoms with van der Waals surface area (Å²) in [5, 5.41) is 23.0. The fraction of sp³-hybridized carbons (Fsp3) is 1.00. The highest BCUT2D eigenvalue weighted by atomic mass is 16.7. The average molecular weight is 314 g/mol. The lowest BCUT2D eigenvalue weighted by Crippen LogP contribution is -2.48. The predicted octanol–water partition coefficient (Wildman–Crippen LogP) is 2.38. The van der Waals surface area contributed by atoms with Crippen LogP contribution in [0.15, 0.2) is 0 Å². The van der Waals surface area contributed by atoms with Crippen molar-refractivity contribution in [2.75, 3.05) is 32.8 Å². The molecule has 0 amide bonds. The molecule has 5 nitrogen and oxygen atoms in total. The Balaban J connectivity index is 1.84. The minimum absolute atomic E-state index is 0.0623. The molecule has 2 N–H and O–H groups in total. The normalized spacial score (nSPS) is 32.6. The summed E-state index contributed by atoms with van der Waals surface area (Å²) in [6.07, 6.45) is 2.80. The van der Waals surface area contributed by atoms with Crippen molar-refractivity contribution >= 4 is 0 Å². The fourth-order valence-electron chi connectivity index (χ4n) is 3.63. The standard InChI is InChI=1S/C17H34N2O3/c1-13(2)14-6-5-7-19(9-14)22-12-17(3,4)15-8-16(20)11-18(21)10-15/h13-16,20-21H,5-12H2,1-4H3. The van der Waals surface area contributed by atoms with Crippen LogP contribution in [0.3, 0.4) is 0 Å². The summed E-state index contributed by atoms with van der Waals surface area (Å²) in [5.41, 5.74) is -0.0623.